The number of hydrogen-bond donors (Lipinski definition) is 2. The maximum atomic E-state index is 13.4. The maximum absolute atomic E-state index is 13.4. The molecule has 2 N–H and O–H groups in total. The molecule has 2 aromatic rings. The van der Waals surface area contributed by atoms with Crippen LogP contribution in [0.4, 0.5) is 14.5 Å². The van der Waals surface area contributed by atoms with Crippen LogP contribution in [0.2, 0.25) is 0 Å². The van der Waals surface area contributed by atoms with Gasteiger partial charge in [-0.25, -0.2) is 8.78 Å². The molecule has 1 amide bonds. The number of carbonyl (C=O) groups excluding carboxylic acids is 1. The number of carbonyl (C=O) groups is 1. The summed E-state index contributed by atoms with van der Waals surface area (Å²) in [4.78, 5) is 11.8. The fourth-order valence-corrected chi connectivity index (χ4v) is 2.21. The molecule has 6 heteroatoms. The van der Waals surface area contributed by atoms with E-state index < -0.39 is 11.6 Å². The minimum Gasteiger partial charge on any atom is -0.497 e. The Morgan fingerprint density at radius 2 is 1.96 bits per heavy atom. The van der Waals surface area contributed by atoms with Gasteiger partial charge >= 0.3 is 0 Å². The van der Waals surface area contributed by atoms with E-state index in [0.29, 0.717) is 13.0 Å². The zero-order valence-electron chi connectivity index (χ0n) is 13.4. The van der Waals surface area contributed by atoms with Crippen LogP contribution in [0.3, 0.4) is 0 Å². The number of benzene rings is 2. The lowest BCUT2D eigenvalue weighted by Crippen LogP contribution is -2.27. The van der Waals surface area contributed by atoms with Crippen LogP contribution in [0, 0.1) is 11.6 Å². The second-order valence-corrected chi connectivity index (χ2v) is 5.25. The molecule has 0 unspecified atom stereocenters. The van der Waals surface area contributed by atoms with Gasteiger partial charge in [0.05, 0.1) is 12.8 Å². The van der Waals surface area contributed by atoms with Crippen molar-refractivity contribution in [2.24, 2.45) is 0 Å². The highest BCUT2D eigenvalue weighted by Crippen LogP contribution is 2.15. The average molecular weight is 334 g/mol. The van der Waals surface area contributed by atoms with Gasteiger partial charge in [0.25, 0.3) is 0 Å². The summed E-state index contributed by atoms with van der Waals surface area (Å²) in [5, 5.41) is 5.58. The summed E-state index contributed by atoms with van der Waals surface area (Å²) >= 11 is 0. The van der Waals surface area contributed by atoms with Crippen molar-refractivity contribution >= 4 is 11.6 Å². The molecule has 0 atom stereocenters. The fourth-order valence-electron chi connectivity index (χ4n) is 2.21. The van der Waals surface area contributed by atoms with E-state index in [1.807, 2.05) is 24.3 Å². The van der Waals surface area contributed by atoms with Gasteiger partial charge in [0.2, 0.25) is 5.91 Å². The molecule has 2 rings (SSSR count). The van der Waals surface area contributed by atoms with Crippen molar-refractivity contribution in [3.63, 3.8) is 0 Å². The van der Waals surface area contributed by atoms with Crippen LogP contribution < -0.4 is 15.4 Å². The van der Waals surface area contributed by atoms with Gasteiger partial charge < -0.3 is 15.4 Å². The zero-order chi connectivity index (χ0) is 17.4. The summed E-state index contributed by atoms with van der Waals surface area (Å²) in [6.07, 6.45) is 0.901. The Kier molecular flexibility index (Phi) is 6.54. The normalized spacial score (nSPS) is 10.3. The predicted octanol–water partition coefficient (Wildman–Crippen LogP) is 3.13. The highest BCUT2D eigenvalue weighted by molar-refractivity contribution is 5.76. The SMILES string of the molecule is COc1cccc(CCNC(=O)CCNc2ccc(F)cc2F)c1. The number of rotatable bonds is 8. The Bertz CT molecular complexity index is 692. The number of hydrogen-bond acceptors (Lipinski definition) is 3. The molecule has 4 nitrogen and oxygen atoms in total. The average Bonchev–Trinajstić information content (AvgIpc) is 2.57. The minimum atomic E-state index is -0.673. The van der Waals surface area contributed by atoms with Crippen molar-refractivity contribution in [2.45, 2.75) is 12.8 Å². The van der Waals surface area contributed by atoms with Crippen LogP contribution in [0.5, 0.6) is 5.75 Å². The Hall–Kier alpha value is -2.63. The molecule has 0 heterocycles. The van der Waals surface area contributed by atoms with E-state index in [1.165, 1.54) is 12.1 Å². The van der Waals surface area contributed by atoms with Crippen LogP contribution in [0.15, 0.2) is 42.5 Å². The highest BCUT2D eigenvalue weighted by atomic mass is 19.1. The van der Waals surface area contributed by atoms with Crippen molar-refractivity contribution in [1.82, 2.24) is 5.32 Å². The standard InChI is InChI=1S/C18H20F2N2O2/c1-24-15-4-2-3-13(11-15)7-9-22-18(23)8-10-21-17-6-5-14(19)12-16(17)20/h2-6,11-12,21H,7-10H2,1H3,(H,22,23). The molecule has 0 aliphatic heterocycles. The van der Waals surface area contributed by atoms with Gasteiger partial charge in [-0.1, -0.05) is 12.1 Å². The lowest BCUT2D eigenvalue weighted by Gasteiger charge is -2.09. The lowest BCUT2D eigenvalue weighted by molar-refractivity contribution is -0.120. The van der Waals surface area contributed by atoms with Crippen molar-refractivity contribution in [3.8, 4) is 5.75 Å². The van der Waals surface area contributed by atoms with Crippen LogP contribution in [-0.4, -0.2) is 26.1 Å². The molecule has 0 aliphatic rings. The first-order valence-corrected chi connectivity index (χ1v) is 7.67. The molecule has 0 bridgehead atoms. The van der Waals surface area contributed by atoms with E-state index in [2.05, 4.69) is 10.6 Å². The first kappa shape index (κ1) is 17.7. The van der Waals surface area contributed by atoms with Crippen LogP contribution >= 0.6 is 0 Å². The summed E-state index contributed by atoms with van der Waals surface area (Å²) in [7, 11) is 1.61. The third-order valence-corrected chi connectivity index (χ3v) is 3.47. The summed E-state index contributed by atoms with van der Waals surface area (Å²) in [5.74, 6) is -0.654. The summed E-state index contributed by atoms with van der Waals surface area (Å²) in [6.45, 7) is 0.782. The predicted molar refractivity (Wildman–Crippen MR) is 89.2 cm³/mol. The van der Waals surface area contributed by atoms with E-state index in [-0.39, 0.29) is 24.6 Å². The van der Waals surface area contributed by atoms with Crippen molar-refractivity contribution in [1.29, 1.82) is 0 Å². The lowest BCUT2D eigenvalue weighted by atomic mass is 10.1. The fraction of sp³-hybridized carbons (Fsp3) is 0.278. The van der Waals surface area contributed by atoms with E-state index in [9.17, 15) is 13.6 Å². The molecule has 0 radical (unpaired) electrons. The molecular formula is C18H20F2N2O2. The molecular weight excluding hydrogens is 314 g/mol. The van der Waals surface area contributed by atoms with E-state index >= 15 is 0 Å². The quantitative estimate of drug-likeness (QED) is 0.780. The van der Waals surface area contributed by atoms with Gasteiger partial charge in [-0.3, -0.25) is 4.79 Å². The largest absolute Gasteiger partial charge is 0.497 e. The van der Waals surface area contributed by atoms with E-state index in [0.717, 1.165) is 17.4 Å². The van der Waals surface area contributed by atoms with E-state index in [1.54, 1.807) is 7.11 Å². The first-order chi connectivity index (χ1) is 11.6. The Morgan fingerprint density at radius 1 is 1.12 bits per heavy atom. The Balaban J connectivity index is 1.68. The minimum absolute atomic E-state index is 0.132. The third kappa shape index (κ3) is 5.53. The zero-order valence-corrected chi connectivity index (χ0v) is 13.4. The summed E-state index contributed by atoms with van der Waals surface area (Å²) < 4.78 is 31.3. The molecule has 0 fully saturated rings. The maximum Gasteiger partial charge on any atom is 0.221 e. The van der Waals surface area contributed by atoms with Gasteiger partial charge in [-0.05, 0) is 36.2 Å². The van der Waals surface area contributed by atoms with Crippen molar-refractivity contribution in [2.75, 3.05) is 25.5 Å². The summed E-state index contributed by atoms with van der Waals surface area (Å²) in [6, 6.07) is 10.9. The monoisotopic (exact) mass is 334 g/mol. The molecule has 0 aromatic heterocycles. The molecule has 0 saturated heterocycles. The Morgan fingerprint density at radius 3 is 2.71 bits per heavy atom. The van der Waals surface area contributed by atoms with Gasteiger partial charge in [-0.15, -0.1) is 0 Å². The topological polar surface area (TPSA) is 50.4 Å². The molecule has 0 saturated carbocycles. The number of methoxy groups -OCH3 is 1. The molecule has 2 aromatic carbocycles. The van der Waals surface area contributed by atoms with Crippen LogP contribution in [0.25, 0.3) is 0 Å². The second kappa shape index (κ2) is 8.86. The highest BCUT2D eigenvalue weighted by Gasteiger charge is 2.05. The van der Waals surface area contributed by atoms with Crippen LogP contribution in [0.1, 0.15) is 12.0 Å². The van der Waals surface area contributed by atoms with Crippen molar-refractivity contribution < 1.29 is 18.3 Å². The number of amides is 1. The third-order valence-electron chi connectivity index (χ3n) is 3.47. The Labute approximate surface area is 139 Å². The number of halogens is 2. The first-order valence-electron chi connectivity index (χ1n) is 7.67. The number of anilines is 1. The molecule has 0 aliphatic carbocycles. The molecule has 0 spiro atoms. The number of ether oxygens (including phenoxy) is 1. The number of nitrogens with one attached hydrogen (secondary N) is 2. The van der Waals surface area contributed by atoms with Crippen LogP contribution in [-0.2, 0) is 11.2 Å². The molecule has 24 heavy (non-hydrogen) atoms. The van der Waals surface area contributed by atoms with E-state index in [4.69, 9.17) is 4.74 Å². The van der Waals surface area contributed by atoms with Gasteiger partial charge in [0.15, 0.2) is 0 Å². The molecule has 128 valence electrons. The smallest absolute Gasteiger partial charge is 0.221 e. The van der Waals surface area contributed by atoms with Crippen molar-refractivity contribution in [3.05, 3.63) is 59.7 Å². The van der Waals surface area contributed by atoms with Gasteiger partial charge in [-0.2, -0.15) is 0 Å². The summed E-state index contributed by atoms with van der Waals surface area (Å²) in [5.41, 5.74) is 1.25. The van der Waals surface area contributed by atoms with Gasteiger partial charge in [0.1, 0.15) is 17.4 Å². The van der Waals surface area contributed by atoms with Gasteiger partial charge in [0, 0.05) is 25.6 Å². The second-order valence-electron chi connectivity index (χ2n) is 5.25.